The van der Waals surface area contributed by atoms with Gasteiger partial charge in [0, 0.05) is 26.3 Å². The summed E-state index contributed by atoms with van der Waals surface area (Å²) >= 11 is 11.8. The van der Waals surface area contributed by atoms with E-state index in [9.17, 15) is 9.59 Å². The number of pyridine rings is 1. The topological polar surface area (TPSA) is 214 Å². The van der Waals surface area contributed by atoms with Gasteiger partial charge >= 0.3 is 0 Å². The summed E-state index contributed by atoms with van der Waals surface area (Å²) in [5.41, 5.74) is 15.2. The molecule has 0 atom stereocenters. The summed E-state index contributed by atoms with van der Waals surface area (Å²) in [7, 11) is 0. The minimum atomic E-state index is -0.527. The quantitative estimate of drug-likeness (QED) is 0.0499. The highest BCUT2D eigenvalue weighted by Crippen LogP contribution is 2.31. The monoisotopic (exact) mass is 849 g/mol. The molecule has 52 heavy (non-hydrogen) atoms. The number of rotatable bonds is 5. The first kappa shape index (κ1) is 39.1. The number of carbonyl (C=O) groups excluding carboxylic acids is 2. The number of fused-ring (bicyclic) bond motifs is 1. The van der Waals surface area contributed by atoms with Crippen LogP contribution in [0.5, 0.6) is 0 Å². The highest BCUT2D eigenvalue weighted by atomic mass is 79.9. The van der Waals surface area contributed by atoms with Crippen molar-refractivity contribution in [2.24, 2.45) is 16.6 Å². The maximum Gasteiger partial charge on any atom is 0.267 e. The van der Waals surface area contributed by atoms with Crippen LogP contribution in [0.2, 0.25) is 0 Å². The fourth-order valence-corrected chi connectivity index (χ4v) is 5.51. The number of primary amides is 1. The fourth-order valence-electron chi connectivity index (χ4n) is 4.31. The van der Waals surface area contributed by atoms with Gasteiger partial charge in [-0.1, -0.05) is 73.9 Å². The molecule has 0 aliphatic rings. The summed E-state index contributed by atoms with van der Waals surface area (Å²) in [5.74, 6) is 1.87. The van der Waals surface area contributed by atoms with Crippen molar-refractivity contribution < 1.29 is 23.8 Å². The lowest BCUT2D eigenvalue weighted by atomic mass is 10.0. The third kappa shape index (κ3) is 10.4. The van der Waals surface area contributed by atoms with Gasteiger partial charge in [-0.15, -0.1) is 0 Å². The number of amides is 1. The second kappa shape index (κ2) is 18.5. The Bertz CT molecular complexity index is 2330. The Morgan fingerprint density at radius 2 is 1.31 bits per heavy atom. The summed E-state index contributed by atoms with van der Waals surface area (Å²) in [6, 6.07) is 26.2. The summed E-state index contributed by atoms with van der Waals surface area (Å²) in [5, 5.41) is 17.3. The van der Waals surface area contributed by atoms with Crippen molar-refractivity contribution in [1.29, 1.82) is 0 Å². The molecule has 4 heterocycles. The molecule has 0 bridgehead atoms. The van der Waals surface area contributed by atoms with Gasteiger partial charge in [0.1, 0.15) is 17.2 Å². The molecule has 0 fully saturated rings. The number of imidazole rings is 1. The van der Waals surface area contributed by atoms with Crippen LogP contribution in [0.15, 0.2) is 120 Å². The first-order valence-electron chi connectivity index (χ1n) is 15.0. The molecule has 14 nitrogen and oxygen atoms in total. The van der Waals surface area contributed by atoms with Gasteiger partial charge in [-0.3, -0.25) is 14.0 Å². The number of aryl methyl sites for hydroxylation is 2. The number of nitrogens with zero attached hydrogens (tertiary/aromatic N) is 7. The van der Waals surface area contributed by atoms with Crippen LogP contribution in [0.25, 0.3) is 39.7 Å². The molecule has 5 N–H and O–H groups in total. The molecule has 0 aliphatic heterocycles. The highest BCUT2D eigenvalue weighted by molar-refractivity contribution is 9.10. The third-order valence-electron chi connectivity index (χ3n) is 6.63. The standard InChI is InChI=1S/C17H13N5O2.C9H7BrN2O.C7H4BrClO.C2H6N2O/c1-10-20-17(24-21-10)13-5-3-2-4-12(13)11-6-7-15-19-8-14(16(18)23)22(15)9-11;1-6-11-9(13-12-6)7-4-2-3-5-8(7)10;8-6-4-2-1-3-5(6)7(9)10;1-2(3)4-5/h2-9H,1H3,(H2,18,23);2-5H,1H3;1-4H;5H,1H3,(H2,3,4). The Morgan fingerprint density at radius 1 is 0.788 bits per heavy atom. The van der Waals surface area contributed by atoms with Gasteiger partial charge in [-0.25, -0.2) is 4.98 Å². The fraction of sp³-hybridized carbons (Fsp3) is 0.0857. The molecule has 4 aromatic heterocycles. The van der Waals surface area contributed by atoms with Gasteiger partial charge in [-0.2, -0.15) is 9.97 Å². The molecule has 1 amide bonds. The molecule has 0 aliphatic carbocycles. The molecular weight excluding hydrogens is 822 g/mol. The number of hydrogen-bond acceptors (Lipinski definition) is 11. The van der Waals surface area contributed by atoms with E-state index in [-0.39, 0.29) is 5.84 Å². The van der Waals surface area contributed by atoms with Crippen LogP contribution in [-0.2, 0) is 0 Å². The predicted octanol–water partition coefficient (Wildman–Crippen LogP) is 7.85. The SMILES string of the molecule is C/C(N)=N\O.Cc1noc(-c2ccccc2-c2ccc3ncc(C(N)=O)n3c2)n1.Cc1noc(-c2ccccc2Br)n1.O=C(Cl)c1ccccc1Br. The normalized spacial score (nSPS) is 10.6. The van der Waals surface area contributed by atoms with Crippen LogP contribution in [-0.4, -0.2) is 51.9 Å². The molecule has 7 aromatic rings. The lowest BCUT2D eigenvalue weighted by Gasteiger charge is -2.08. The van der Waals surface area contributed by atoms with Gasteiger partial charge in [0.25, 0.3) is 22.9 Å². The largest absolute Gasteiger partial charge is 0.409 e. The van der Waals surface area contributed by atoms with Crippen molar-refractivity contribution >= 4 is 66.1 Å². The number of nitrogens with two attached hydrogens (primary N) is 2. The first-order valence-corrected chi connectivity index (χ1v) is 17.0. The molecule has 0 radical (unpaired) electrons. The summed E-state index contributed by atoms with van der Waals surface area (Å²) in [6.07, 6.45) is 3.29. The van der Waals surface area contributed by atoms with E-state index in [1.54, 1.807) is 36.4 Å². The zero-order valence-corrected chi connectivity index (χ0v) is 31.7. The molecule has 0 unspecified atom stereocenters. The molecule has 0 saturated carbocycles. The van der Waals surface area contributed by atoms with Gasteiger partial charge in [0.2, 0.25) is 0 Å². The van der Waals surface area contributed by atoms with Gasteiger partial charge in [0.15, 0.2) is 11.6 Å². The number of benzene rings is 3. The zero-order chi connectivity index (χ0) is 37.8. The Labute approximate surface area is 318 Å². The van der Waals surface area contributed by atoms with Crippen LogP contribution in [0, 0.1) is 13.8 Å². The van der Waals surface area contributed by atoms with Gasteiger partial charge < -0.3 is 25.7 Å². The van der Waals surface area contributed by atoms with Crippen molar-refractivity contribution in [3.05, 3.63) is 129 Å². The van der Waals surface area contributed by atoms with Crippen LogP contribution in [0.3, 0.4) is 0 Å². The van der Waals surface area contributed by atoms with E-state index in [0.29, 0.717) is 40.3 Å². The summed E-state index contributed by atoms with van der Waals surface area (Å²) < 4.78 is 13.7. The van der Waals surface area contributed by atoms with E-state index in [4.69, 9.17) is 37.3 Å². The van der Waals surface area contributed by atoms with E-state index in [2.05, 4.69) is 62.3 Å². The van der Waals surface area contributed by atoms with Crippen molar-refractivity contribution in [2.75, 3.05) is 0 Å². The predicted molar refractivity (Wildman–Crippen MR) is 203 cm³/mol. The number of carbonyl (C=O) groups is 2. The molecule has 266 valence electrons. The van der Waals surface area contributed by atoms with Crippen LogP contribution >= 0.6 is 43.5 Å². The molecule has 0 spiro atoms. The zero-order valence-electron chi connectivity index (χ0n) is 27.7. The van der Waals surface area contributed by atoms with Crippen molar-refractivity contribution in [3.63, 3.8) is 0 Å². The molecule has 0 saturated heterocycles. The second-order valence-corrected chi connectivity index (χ2v) is 12.5. The third-order valence-corrected chi connectivity index (χ3v) is 8.22. The average molecular weight is 852 g/mol. The maximum atomic E-state index is 11.5. The Morgan fingerprint density at radius 3 is 1.79 bits per heavy atom. The Kier molecular flexibility index (Phi) is 13.9. The Hall–Kier alpha value is -5.71. The van der Waals surface area contributed by atoms with Crippen LogP contribution < -0.4 is 11.5 Å². The molecular formula is C35H30Br2ClN9O5. The van der Waals surface area contributed by atoms with E-state index in [1.165, 1.54) is 13.1 Å². The van der Waals surface area contributed by atoms with E-state index in [1.807, 2.05) is 72.9 Å². The van der Waals surface area contributed by atoms with E-state index in [0.717, 1.165) is 31.2 Å². The minimum Gasteiger partial charge on any atom is -0.409 e. The summed E-state index contributed by atoms with van der Waals surface area (Å²) in [6.45, 7) is 5.07. The van der Waals surface area contributed by atoms with Crippen molar-refractivity contribution in [1.82, 2.24) is 29.7 Å². The maximum absolute atomic E-state index is 11.5. The van der Waals surface area contributed by atoms with Crippen LogP contribution in [0.1, 0.15) is 39.4 Å². The van der Waals surface area contributed by atoms with Gasteiger partial charge in [0.05, 0.1) is 11.8 Å². The number of aromatic nitrogens is 6. The minimum absolute atomic E-state index is 0.185. The summed E-state index contributed by atoms with van der Waals surface area (Å²) in [4.78, 5) is 34.8. The molecule has 17 heteroatoms. The highest BCUT2D eigenvalue weighted by Gasteiger charge is 2.15. The number of oxime groups is 1. The number of amidine groups is 1. The van der Waals surface area contributed by atoms with Crippen molar-refractivity contribution in [3.8, 4) is 34.0 Å². The molecule has 7 rings (SSSR count). The average Bonchev–Trinajstić information content (AvgIpc) is 3.89. The van der Waals surface area contributed by atoms with Gasteiger partial charge in [-0.05, 0) is 102 Å². The smallest absolute Gasteiger partial charge is 0.267 e. The molecule has 3 aromatic carbocycles. The van der Waals surface area contributed by atoms with E-state index < -0.39 is 11.1 Å². The number of halogens is 3. The lowest BCUT2D eigenvalue weighted by molar-refractivity contribution is 0.0994. The second-order valence-electron chi connectivity index (χ2n) is 10.5. The number of hydrogen-bond donors (Lipinski definition) is 3. The Balaban J connectivity index is 0.000000181. The van der Waals surface area contributed by atoms with Crippen LogP contribution in [0.4, 0.5) is 0 Å². The van der Waals surface area contributed by atoms with E-state index >= 15 is 0 Å². The first-order chi connectivity index (χ1) is 24.9. The lowest BCUT2D eigenvalue weighted by Crippen LogP contribution is -2.13. The van der Waals surface area contributed by atoms with Crippen molar-refractivity contribution in [2.45, 2.75) is 20.8 Å².